The lowest BCUT2D eigenvalue weighted by atomic mass is 10.1. The van der Waals surface area contributed by atoms with E-state index in [0.717, 1.165) is 0 Å². The number of carboxylic acids is 1. The molecule has 0 radical (unpaired) electrons. The zero-order valence-corrected chi connectivity index (χ0v) is 14.1. The Morgan fingerprint density at radius 2 is 2.00 bits per heavy atom. The summed E-state index contributed by atoms with van der Waals surface area (Å²) in [4.78, 5) is 19.5. The highest BCUT2D eigenvalue weighted by Crippen LogP contribution is 2.23. The van der Waals surface area contributed by atoms with E-state index in [9.17, 15) is 4.79 Å². The van der Waals surface area contributed by atoms with Crippen LogP contribution in [-0.4, -0.2) is 48.4 Å². The molecule has 7 heteroatoms. The van der Waals surface area contributed by atoms with Gasteiger partial charge in [-0.25, -0.2) is 4.98 Å². The van der Waals surface area contributed by atoms with E-state index in [1.165, 1.54) is 20.4 Å². The van der Waals surface area contributed by atoms with E-state index >= 15 is 0 Å². The summed E-state index contributed by atoms with van der Waals surface area (Å²) in [6.45, 7) is 5.78. The Balaban J connectivity index is 2.92. The molecular formula is C16H24N2O5. The molecule has 1 aromatic heterocycles. The Labute approximate surface area is 136 Å². The van der Waals surface area contributed by atoms with Gasteiger partial charge in [0.15, 0.2) is 6.29 Å². The van der Waals surface area contributed by atoms with Gasteiger partial charge in [0.25, 0.3) is 0 Å². The molecule has 1 unspecified atom stereocenters. The van der Waals surface area contributed by atoms with Crippen molar-refractivity contribution in [3.05, 3.63) is 23.9 Å². The fraction of sp³-hybridized carbons (Fsp3) is 0.562. The largest absolute Gasteiger partial charge is 0.481 e. The Morgan fingerprint density at radius 1 is 1.35 bits per heavy atom. The molecule has 0 aromatic carbocycles. The van der Waals surface area contributed by atoms with E-state index in [1.54, 1.807) is 18.3 Å². The number of methoxy groups -OCH3 is 2. The van der Waals surface area contributed by atoms with Crippen LogP contribution in [0.15, 0.2) is 23.3 Å². The number of ether oxygens (including phenoxy) is 3. The first-order chi connectivity index (χ1) is 10.7. The fourth-order valence-corrected chi connectivity index (χ4v) is 1.78. The van der Waals surface area contributed by atoms with Gasteiger partial charge in [0.1, 0.15) is 5.60 Å². The SMILES string of the molecule is COC(C=NC(CC(=O)O)c1ccc(OC(C)(C)C)nc1)OC. The van der Waals surface area contributed by atoms with Crippen LogP contribution < -0.4 is 4.74 Å². The number of nitrogens with zero attached hydrogens (tertiary/aromatic N) is 2. The predicted octanol–water partition coefficient (Wildman–Crippen LogP) is 2.46. The molecule has 0 saturated heterocycles. The van der Waals surface area contributed by atoms with Gasteiger partial charge in [0, 0.05) is 26.5 Å². The first-order valence-electron chi connectivity index (χ1n) is 7.21. The molecule has 0 amide bonds. The summed E-state index contributed by atoms with van der Waals surface area (Å²) >= 11 is 0. The topological polar surface area (TPSA) is 90.2 Å². The maximum atomic E-state index is 11.0. The van der Waals surface area contributed by atoms with E-state index in [0.29, 0.717) is 11.4 Å². The number of carbonyl (C=O) groups is 1. The van der Waals surface area contributed by atoms with E-state index in [4.69, 9.17) is 19.3 Å². The summed E-state index contributed by atoms with van der Waals surface area (Å²) in [5, 5.41) is 9.05. The highest BCUT2D eigenvalue weighted by atomic mass is 16.7. The van der Waals surface area contributed by atoms with Crippen LogP contribution in [0.2, 0.25) is 0 Å². The first-order valence-corrected chi connectivity index (χ1v) is 7.21. The Hall–Kier alpha value is -1.99. The molecule has 0 bridgehead atoms. The van der Waals surface area contributed by atoms with Gasteiger partial charge in [0.2, 0.25) is 5.88 Å². The van der Waals surface area contributed by atoms with E-state index in [1.807, 2.05) is 20.8 Å². The van der Waals surface area contributed by atoms with Crippen molar-refractivity contribution in [2.24, 2.45) is 4.99 Å². The number of hydrogen-bond donors (Lipinski definition) is 1. The summed E-state index contributed by atoms with van der Waals surface area (Å²) < 4.78 is 15.7. The van der Waals surface area contributed by atoms with Crippen molar-refractivity contribution in [1.29, 1.82) is 0 Å². The summed E-state index contributed by atoms with van der Waals surface area (Å²) in [6, 6.07) is 2.89. The molecule has 0 saturated carbocycles. The highest BCUT2D eigenvalue weighted by Gasteiger charge is 2.17. The normalized spacial score (nSPS) is 13.5. The zero-order chi connectivity index (χ0) is 17.5. The number of rotatable bonds is 8. The maximum Gasteiger partial charge on any atom is 0.305 e. The zero-order valence-electron chi connectivity index (χ0n) is 14.1. The van der Waals surface area contributed by atoms with E-state index < -0.39 is 18.3 Å². The molecule has 0 fully saturated rings. The van der Waals surface area contributed by atoms with Crippen molar-refractivity contribution < 1.29 is 24.1 Å². The summed E-state index contributed by atoms with van der Waals surface area (Å²) in [7, 11) is 2.96. The van der Waals surface area contributed by atoms with Crippen LogP contribution in [0.3, 0.4) is 0 Å². The lowest BCUT2D eigenvalue weighted by molar-refractivity contribution is -0.137. The van der Waals surface area contributed by atoms with Gasteiger partial charge in [-0.1, -0.05) is 0 Å². The minimum Gasteiger partial charge on any atom is -0.481 e. The van der Waals surface area contributed by atoms with Crippen molar-refractivity contribution >= 4 is 12.2 Å². The van der Waals surface area contributed by atoms with Gasteiger partial charge < -0.3 is 19.3 Å². The molecule has 1 aromatic rings. The molecule has 0 aliphatic heterocycles. The number of aromatic nitrogens is 1. The summed E-state index contributed by atoms with van der Waals surface area (Å²) in [5.74, 6) is -0.473. The van der Waals surface area contributed by atoms with E-state index in [2.05, 4.69) is 9.98 Å². The van der Waals surface area contributed by atoms with Gasteiger partial charge in [-0.3, -0.25) is 9.79 Å². The van der Waals surface area contributed by atoms with Crippen molar-refractivity contribution in [1.82, 2.24) is 4.98 Å². The van der Waals surface area contributed by atoms with Gasteiger partial charge in [-0.15, -0.1) is 0 Å². The molecule has 1 heterocycles. The van der Waals surface area contributed by atoms with Crippen LogP contribution in [0.4, 0.5) is 0 Å². The quantitative estimate of drug-likeness (QED) is 0.583. The average molecular weight is 324 g/mol. The van der Waals surface area contributed by atoms with Crippen molar-refractivity contribution in [3.8, 4) is 5.88 Å². The van der Waals surface area contributed by atoms with Crippen LogP contribution in [0.1, 0.15) is 38.8 Å². The fourth-order valence-electron chi connectivity index (χ4n) is 1.78. The van der Waals surface area contributed by atoms with Crippen LogP contribution in [0.5, 0.6) is 5.88 Å². The second-order valence-electron chi connectivity index (χ2n) is 5.90. The van der Waals surface area contributed by atoms with E-state index in [-0.39, 0.29) is 12.0 Å². The Morgan fingerprint density at radius 3 is 2.43 bits per heavy atom. The van der Waals surface area contributed by atoms with Crippen molar-refractivity contribution in [2.45, 2.75) is 45.1 Å². The standard InChI is InChI=1S/C16H24N2O5/c1-16(2,3)23-13-7-6-11(9-18-13)12(8-14(19)20)17-10-15(21-4)22-5/h6-7,9-10,12,15H,8H2,1-5H3,(H,19,20). The number of aliphatic imine (C=N–C) groups is 1. The second-order valence-corrected chi connectivity index (χ2v) is 5.90. The molecule has 1 atom stereocenters. The summed E-state index contributed by atoms with van der Waals surface area (Å²) in [6.07, 6.45) is 2.23. The molecular weight excluding hydrogens is 300 g/mol. The average Bonchev–Trinajstić information content (AvgIpc) is 2.46. The predicted molar refractivity (Wildman–Crippen MR) is 85.9 cm³/mol. The van der Waals surface area contributed by atoms with Crippen molar-refractivity contribution in [3.63, 3.8) is 0 Å². The highest BCUT2D eigenvalue weighted by molar-refractivity contribution is 5.69. The number of hydrogen-bond acceptors (Lipinski definition) is 6. The molecule has 1 rings (SSSR count). The lowest BCUT2D eigenvalue weighted by Gasteiger charge is -2.20. The summed E-state index contributed by atoms with van der Waals surface area (Å²) in [5.41, 5.74) is 0.327. The minimum absolute atomic E-state index is 0.155. The van der Waals surface area contributed by atoms with Crippen LogP contribution >= 0.6 is 0 Å². The van der Waals surface area contributed by atoms with Gasteiger partial charge in [-0.2, -0.15) is 0 Å². The van der Waals surface area contributed by atoms with Crippen LogP contribution in [0, 0.1) is 0 Å². The molecule has 7 nitrogen and oxygen atoms in total. The molecule has 0 spiro atoms. The first kappa shape index (κ1) is 19.1. The van der Waals surface area contributed by atoms with Crippen molar-refractivity contribution in [2.75, 3.05) is 14.2 Å². The minimum atomic E-state index is -0.950. The van der Waals surface area contributed by atoms with Gasteiger partial charge >= 0.3 is 5.97 Å². The smallest absolute Gasteiger partial charge is 0.305 e. The molecule has 0 aliphatic carbocycles. The lowest BCUT2D eigenvalue weighted by Crippen LogP contribution is -2.23. The Bertz CT molecular complexity index is 518. The Kier molecular flexibility index (Phi) is 7.12. The third kappa shape index (κ3) is 7.21. The third-order valence-electron chi connectivity index (χ3n) is 2.78. The maximum absolute atomic E-state index is 11.0. The van der Waals surface area contributed by atoms with Gasteiger partial charge in [-0.05, 0) is 32.4 Å². The molecule has 1 N–H and O–H groups in total. The molecule has 23 heavy (non-hydrogen) atoms. The molecule has 128 valence electrons. The monoisotopic (exact) mass is 324 g/mol. The van der Waals surface area contributed by atoms with Crippen LogP contribution in [-0.2, 0) is 14.3 Å². The van der Waals surface area contributed by atoms with Gasteiger partial charge in [0.05, 0.1) is 18.7 Å². The number of aliphatic carboxylic acids is 1. The third-order valence-corrected chi connectivity index (χ3v) is 2.78. The number of carboxylic acid groups (broad SMARTS) is 1. The molecule has 0 aliphatic rings. The second kappa shape index (κ2) is 8.59. The number of pyridine rings is 1. The van der Waals surface area contributed by atoms with Crippen LogP contribution in [0.25, 0.3) is 0 Å².